The van der Waals surface area contributed by atoms with Crippen LogP contribution in [0.4, 0.5) is 5.69 Å². The van der Waals surface area contributed by atoms with Gasteiger partial charge in [0, 0.05) is 26.0 Å². The molecule has 0 atom stereocenters. The zero-order valence-electron chi connectivity index (χ0n) is 11.1. The van der Waals surface area contributed by atoms with Crippen molar-refractivity contribution in [3.8, 4) is 0 Å². The Morgan fingerprint density at radius 1 is 1.11 bits per heavy atom. The van der Waals surface area contributed by atoms with Gasteiger partial charge in [-0.15, -0.1) is 0 Å². The Balaban J connectivity index is 2.08. The zero-order chi connectivity index (χ0) is 13.7. The van der Waals surface area contributed by atoms with Crippen LogP contribution in [0, 0.1) is 0 Å². The van der Waals surface area contributed by atoms with E-state index in [-0.39, 0.29) is 5.78 Å². The molecule has 2 rings (SSSR count). The molecule has 1 aromatic heterocycles. The van der Waals surface area contributed by atoms with Gasteiger partial charge in [-0.2, -0.15) is 0 Å². The second kappa shape index (κ2) is 5.96. The number of nitrogens with zero attached hydrogens (tertiary/aromatic N) is 2. The quantitative estimate of drug-likeness (QED) is 0.619. The van der Waals surface area contributed by atoms with Crippen LogP contribution in [0.25, 0.3) is 6.08 Å². The van der Waals surface area contributed by atoms with Gasteiger partial charge in [0.2, 0.25) is 5.78 Å². The lowest BCUT2D eigenvalue weighted by Gasteiger charge is -2.11. The van der Waals surface area contributed by atoms with Gasteiger partial charge in [0.1, 0.15) is 5.69 Å². The average molecular weight is 252 g/mol. The van der Waals surface area contributed by atoms with Crippen LogP contribution in [0.3, 0.4) is 0 Å². The molecule has 0 bridgehead atoms. The molecule has 0 saturated carbocycles. The number of allylic oxidation sites excluding steroid dienone is 1. The number of carbonyl (C=O) groups excluding carboxylic acids is 1. The van der Waals surface area contributed by atoms with E-state index in [1.54, 1.807) is 36.5 Å². The highest BCUT2D eigenvalue weighted by molar-refractivity contribution is 6.05. The maximum atomic E-state index is 11.8. The summed E-state index contributed by atoms with van der Waals surface area (Å²) in [6, 6.07) is 13.3. The molecule has 3 nitrogen and oxygen atoms in total. The second-order valence-corrected chi connectivity index (χ2v) is 4.40. The highest BCUT2D eigenvalue weighted by atomic mass is 16.1. The van der Waals surface area contributed by atoms with Gasteiger partial charge in [0.15, 0.2) is 0 Å². The molecule has 0 amide bonds. The van der Waals surface area contributed by atoms with Crippen LogP contribution < -0.4 is 4.90 Å². The number of aromatic nitrogens is 1. The monoisotopic (exact) mass is 252 g/mol. The molecule has 0 radical (unpaired) electrons. The molecule has 0 saturated heterocycles. The van der Waals surface area contributed by atoms with Crippen molar-refractivity contribution in [3.05, 3.63) is 66.0 Å². The van der Waals surface area contributed by atoms with Gasteiger partial charge in [0.25, 0.3) is 0 Å². The fourth-order valence-electron chi connectivity index (χ4n) is 1.65. The van der Waals surface area contributed by atoms with Crippen LogP contribution in [0.2, 0.25) is 0 Å². The number of ketones is 1. The third kappa shape index (κ3) is 3.52. The maximum Gasteiger partial charge on any atom is 0.204 e. The third-order valence-electron chi connectivity index (χ3n) is 2.75. The molecule has 1 heterocycles. The Hall–Kier alpha value is -2.42. The summed E-state index contributed by atoms with van der Waals surface area (Å²) in [4.78, 5) is 17.9. The average Bonchev–Trinajstić information content (AvgIpc) is 2.46. The lowest BCUT2D eigenvalue weighted by molar-refractivity contribution is 0.104. The van der Waals surface area contributed by atoms with Gasteiger partial charge >= 0.3 is 0 Å². The lowest BCUT2D eigenvalue weighted by atomic mass is 10.1. The van der Waals surface area contributed by atoms with E-state index in [2.05, 4.69) is 4.98 Å². The molecular formula is C16H16N2O. The highest BCUT2D eigenvalue weighted by Gasteiger charge is 2.01. The van der Waals surface area contributed by atoms with Crippen molar-refractivity contribution in [1.29, 1.82) is 0 Å². The fourth-order valence-corrected chi connectivity index (χ4v) is 1.65. The standard InChI is InChI=1S/C16H16N2O/c1-18(2)14-9-6-13(7-10-14)8-11-16(19)15-5-3-4-12-17-15/h3-12H,1-2H3/b11-8-. The minimum atomic E-state index is -0.0858. The predicted octanol–water partition coefficient (Wildman–Crippen LogP) is 3.04. The molecule has 96 valence electrons. The zero-order valence-corrected chi connectivity index (χ0v) is 11.1. The molecule has 3 heteroatoms. The summed E-state index contributed by atoms with van der Waals surface area (Å²) in [5.74, 6) is -0.0858. The summed E-state index contributed by atoms with van der Waals surface area (Å²) in [7, 11) is 3.99. The second-order valence-electron chi connectivity index (χ2n) is 4.40. The Kier molecular flexibility index (Phi) is 4.08. The van der Waals surface area contributed by atoms with Crippen molar-refractivity contribution < 1.29 is 4.79 Å². The minimum Gasteiger partial charge on any atom is -0.378 e. The molecule has 0 N–H and O–H groups in total. The SMILES string of the molecule is CN(C)c1ccc(/C=C\C(=O)c2ccccn2)cc1. The number of anilines is 1. The Morgan fingerprint density at radius 2 is 1.84 bits per heavy atom. The Morgan fingerprint density at radius 3 is 2.42 bits per heavy atom. The molecule has 0 aliphatic carbocycles. The molecule has 0 spiro atoms. The van der Waals surface area contributed by atoms with Crippen LogP contribution in [-0.4, -0.2) is 24.9 Å². The molecule has 19 heavy (non-hydrogen) atoms. The first kappa shape index (κ1) is 13.0. The summed E-state index contributed by atoms with van der Waals surface area (Å²) in [6.45, 7) is 0. The summed E-state index contributed by atoms with van der Waals surface area (Å²) in [6.07, 6.45) is 4.97. The fraction of sp³-hybridized carbons (Fsp3) is 0.125. The highest BCUT2D eigenvalue weighted by Crippen LogP contribution is 2.13. The van der Waals surface area contributed by atoms with E-state index >= 15 is 0 Å². The molecule has 0 unspecified atom stereocenters. The molecule has 0 aliphatic rings. The minimum absolute atomic E-state index is 0.0858. The van der Waals surface area contributed by atoms with Crippen LogP contribution in [0.1, 0.15) is 16.1 Å². The predicted molar refractivity (Wildman–Crippen MR) is 78.4 cm³/mol. The Labute approximate surface area is 113 Å². The largest absolute Gasteiger partial charge is 0.378 e. The van der Waals surface area contributed by atoms with Crippen molar-refractivity contribution in [2.75, 3.05) is 19.0 Å². The van der Waals surface area contributed by atoms with Gasteiger partial charge < -0.3 is 4.90 Å². The lowest BCUT2D eigenvalue weighted by Crippen LogP contribution is -2.07. The van der Waals surface area contributed by atoms with Crippen LogP contribution >= 0.6 is 0 Å². The molecule has 2 aromatic rings. The summed E-state index contributed by atoms with van der Waals surface area (Å²) in [5, 5.41) is 0. The third-order valence-corrected chi connectivity index (χ3v) is 2.75. The van der Waals surface area contributed by atoms with Crippen molar-refractivity contribution in [2.24, 2.45) is 0 Å². The van der Waals surface area contributed by atoms with Crippen molar-refractivity contribution in [2.45, 2.75) is 0 Å². The van der Waals surface area contributed by atoms with E-state index in [4.69, 9.17) is 0 Å². The van der Waals surface area contributed by atoms with E-state index in [0.717, 1.165) is 11.3 Å². The van der Waals surface area contributed by atoms with E-state index in [9.17, 15) is 4.79 Å². The van der Waals surface area contributed by atoms with Crippen molar-refractivity contribution >= 4 is 17.5 Å². The number of pyridine rings is 1. The first-order chi connectivity index (χ1) is 9.16. The summed E-state index contributed by atoms with van der Waals surface area (Å²) < 4.78 is 0. The number of rotatable bonds is 4. The van der Waals surface area contributed by atoms with Gasteiger partial charge in [-0.05, 0) is 35.9 Å². The molecular weight excluding hydrogens is 236 g/mol. The van der Waals surface area contributed by atoms with Crippen LogP contribution in [0.15, 0.2) is 54.7 Å². The molecule has 1 aromatic carbocycles. The first-order valence-electron chi connectivity index (χ1n) is 6.07. The topological polar surface area (TPSA) is 33.2 Å². The van der Waals surface area contributed by atoms with Crippen LogP contribution in [0.5, 0.6) is 0 Å². The number of benzene rings is 1. The van der Waals surface area contributed by atoms with E-state index in [1.165, 1.54) is 0 Å². The molecule has 0 fully saturated rings. The Bertz CT molecular complexity index is 571. The summed E-state index contributed by atoms with van der Waals surface area (Å²) >= 11 is 0. The van der Waals surface area contributed by atoms with E-state index in [1.807, 2.05) is 43.3 Å². The van der Waals surface area contributed by atoms with E-state index in [0.29, 0.717) is 5.69 Å². The van der Waals surface area contributed by atoms with E-state index < -0.39 is 0 Å². The van der Waals surface area contributed by atoms with Gasteiger partial charge in [-0.3, -0.25) is 9.78 Å². The van der Waals surface area contributed by atoms with Crippen molar-refractivity contribution in [3.63, 3.8) is 0 Å². The number of carbonyl (C=O) groups is 1. The number of hydrogen-bond acceptors (Lipinski definition) is 3. The maximum absolute atomic E-state index is 11.8. The van der Waals surface area contributed by atoms with Crippen LogP contribution in [-0.2, 0) is 0 Å². The number of hydrogen-bond donors (Lipinski definition) is 0. The van der Waals surface area contributed by atoms with Gasteiger partial charge in [-0.1, -0.05) is 24.3 Å². The van der Waals surface area contributed by atoms with Gasteiger partial charge in [-0.25, -0.2) is 0 Å². The molecule has 0 aliphatic heterocycles. The first-order valence-corrected chi connectivity index (χ1v) is 6.07. The van der Waals surface area contributed by atoms with Gasteiger partial charge in [0.05, 0.1) is 0 Å². The normalized spacial score (nSPS) is 10.6. The smallest absolute Gasteiger partial charge is 0.204 e. The summed E-state index contributed by atoms with van der Waals surface area (Å²) in [5.41, 5.74) is 2.59. The van der Waals surface area contributed by atoms with Crippen molar-refractivity contribution in [1.82, 2.24) is 4.98 Å².